The lowest BCUT2D eigenvalue weighted by atomic mass is 10.3. The maximum atomic E-state index is 11.5. The maximum absolute atomic E-state index is 11.5. The Hall–Kier alpha value is -1.29. The third-order valence-corrected chi connectivity index (χ3v) is 2.59. The third kappa shape index (κ3) is 2.14. The van der Waals surface area contributed by atoms with Crippen molar-refractivity contribution in [3.8, 4) is 0 Å². The molecule has 0 atom stereocenters. The zero-order chi connectivity index (χ0) is 9.80. The standard InChI is InChI=1S/C10H15N3O/c14-10(9-6-3-7-11-9)13-12-8-4-1-2-5-8/h3,6-8,11-12H,1-2,4-5H2,(H,13,14). The monoisotopic (exact) mass is 193 g/mol. The molecule has 4 nitrogen and oxygen atoms in total. The van der Waals surface area contributed by atoms with Gasteiger partial charge in [-0.1, -0.05) is 12.8 Å². The summed E-state index contributed by atoms with van der Waals surface area (Å²) in [6, 6.07) is 4.02. The van der Waals surface area contributed by atoms with Gasteiger partial charge in [-0.3, -0.25) is 10.2 Å². The molecular weight excluding hydrogens is 178 g/mol. The van der Waals surface area contributed by atoms with Crippen LogP contribution in [0.25, 0.3) is 0 Å². The van der Waals surface area contributed by atoms with Crippen molar-refractivity contribution in [1.29, 1.82) is 0 Å². The van der Waals surface area contributed by atoms with Gasteiger partial charge in [0.2, 0.25) is 0 Å². The predicted molar refractivity (Wildman–Crippen MR) is 53.7 cm³/mol. The summed E-state index contributed by atoms with van der Waals surface area (Å²) >= 11 is 0. The highest BCUT2D eigenvalue weighted by atomic mass is 16.2. The van der Waals surface area contributed by atoms with Gasteiger partial charge in [-0.2, -0.15) is 0 Å². The number of amides is 1. The fourth-order valence-corrected chi connectivity index (χ4v) is 1.78. The molecule has 1 saturated carbocycles. The Morgan fingerprint density at radius 2 is 2.21 bits per heavy atom. The van der Waals surface area contributed by atoms with Crippen molar-refractivity contribution in [3.05, 3.63) is 24.0 Å². The van der Waals surface area contributed by atoms with E-state index in [2.05, 4.69) is 15.8 Å². The molecule has 0 spiro atoms. The molecule has 76 valence electrons. The lowest BCUT2D eigenvalue weighted by Gasteiger charge is -2.11. The second-order valence-corrected chi connectivity index (χ2v) is 3.66. The first-order chi connectivity index (χ1) is 6.86. The lowest BCUT2D eigenvalue weighted by molar-refractivity contribution is 0.0921. The van der Waals surface area contributed by atoms with Gasteiger partial charge in [0.1, 0.15) is 5.69 Å². The fourth-order valence-electron chi connectivity index (χ4n) is 1.78. The number of hydrogen-bond donors (Lipinski definition) is 3. The van der Waals surface area contributed by atoms with Crippen LogP contribution in [0.15, 0.2) is 18.3 Å². The van der Waals surface area contributed by atoms with Crippen molar-refractivity contribution in [3.63, 3.8) is 0 Å². The molecule has 1 aliphatic rings. The molecule has 1 heterocycles. The lowest BCUT2D eigenvalue weighted by Crippen LogP contribution is -2.43. The molecule has 1 aromatic rings. The predicted octanol–water partition coefficient (Wildman–Crippen LogP) is 1.19. The van der Waals surface area contributed by atoms with Crippen LogP contribution in [0.1, 0.15) is 36.2 Å². The summed E-state index contributed by atoms with van der Waals surface area (Å²) in [7, 11) is 0. The van der Waals surface area contributed by atoms with E-state index in [1.165, 1.54) is 12.8 Å². The van der Waals surface area contributed by atoms with E-state index in [0.717, 1.165) is 12.8 Å². The molecule has 0 radical (unpaired) electrons. The van der Waals surface area contributed by atoms with Gasteiger partial charge in [-0.15, -0.1) is 0 Å². The van der Waals surface area contributed by atoms with E-state index < -0.39 is 0 Å². The second-order valence-electron chi connectivity index (χ2n) is 3.66. The smallest absolute Gasteiger partial charge is 0.281 e. The Morgan fingerprint density at radius 3 is 2.86 bits per heavy atom. The largest absolute Gasteiger partial charge is 0.357 e. The molecule has 0 bridgehead atoms. The van der Waals surface area contributed by atoms with Gasteiger partial charge in [0.25, 0.3) is 5.91 Å². The Labute approximate surface area is 83.1 Å². The van der Waals surface area contributed by atoms with Crippen LogP contribution in [0.3, 0.4) is 0 Å². The average molecular weight is 193 g/mol. The van der Waals surface area contributed by atoms with Crippen LogP contribution < -0.4 is 10.9 Å². The molecule has 1 fully saturated rings. The van der Waals surface area contributed by atoms with Crippen LogP contribution in [-0.2, 0) is 0 Å². The first-order valence-electron chi connectivity index (χ1n) is 5.05. The summed E-state index contributed by atoms with van der Waals surface area (Å²) in [5, 5.41) is 0. The highest BCUT2D eigenvalue weighted by Crippen LogP contribution is 2.16. The molecule has 0 saturated heterocycles. The molecule has 1 aliphatic carbocycles. The van der Waals surface area contributed by atoms with Crippen molar-refractivity contribution in [2.24, 2.45) is 0 Å². The molecule has 0 aliphatic heterocycles. The number of aromatic nitrogens is 1. The molecule has 4 heteroatoms. The fraction of sp³-hybridized carbons (Fsp3) is 0.500. The minimum absolute atomic E-state index is 0.0955. The summed E-state index contributed by atoms with van der Waals surface area (Å²) in [6.07, 6.45) is 6.58. The second kappa shape index (κ2) is 4.28. The van der Waals surface area contributed by atoms with E-state index in [1.54, 1.807) is 12.3 Å². The van der Waals surface area contributed by atoms with Crippen LogP contribution in [0, 0.1) is 0 Å². The molecule has 2 rings (SSSR count). The van der Waals surface area contributed by atoms with Gasteiger partial charge in [0.15, 0.2) is 0 Å². The number of carbonyl (C=O) groups excluding carboxylic acids is 1. The van der Waals surface area contributed by atoms with Gasteiger partial charge >= 0.3 is 0 Å². The van der Waals surface area contributed by atoms with E-state index in [1.807, 2.05) is 6.07 Å². The Morgan fingerprint density at radius 1 is 1.43 bits per heavy atom. The minimum atomic E-state index is -0.0955. The highest BCUT2D eigenvalue weighted by molar-refractivity contribution is 5.91. The Bertz CT molecular complexity index is 288. The number of rotatable bonds is 3. The summed E-state index contributed by atoms with van der Waals surface area (Å²) in [5.41, 5.74) is 6.35. The molecule has 3 N–H and O–H groups in total. The zero-order valence-electron chi connectivity index (χ0n) is 8.05. The number of aromatic amines is 1. The number of carbonyl (C=O) groups is 1. The maximum Gasteiger partial charge on any atom is 0.281 e. The van der Waals surface area contributed by atoms with Gasteiger partial charge in [-0.25, -0.2) is 5.43 Å². The number of hydrogen-bond acceptors (Lipinski definition) is 2. The van der Waals surface area contributed by atoms with E-state index in [0.29, 0.717) is 11.7 Å². The summed E-state index contributed by atoms with van der Waals surface area (Å²) in [4.78, 5) is 14.3. The van der Waals surface area contributed by atoms with Crippen LogP contribution in [0.4, 0.5) is 0 Å². The van der Waals surface area contributed by atoms with Crippen molar-refractivity contribution in [2.45, 2.75) is 31.7 Å². The highest BCUT2D eigenvalue weighted by Gasteiger charge is 2.15. The zero-order valence-corrected chi connectivity index (χ0v) is 8.05. The third-order valence-electron chi connectivity index (χ3n) is 2.59. The van der Waals surface area contributed by atoms with Crippen molar-refractivity contribution in [1.82, 2.24) is 15.8 Å². The molecule has 0 unspecified atom stereocenters. The van der Waals surface area contributed by atoms with Crippen molar-refractivity contribution >= 4 is 5.91 Å². The van der Waals surface area contributed by atoms with E-state index in [4.69, 9.17) is 0 Å². The van der Waals surface area contributed by atoms with Crippen LogP contribution in [-0.4, -0.2) is 16.9 Å². The van der Waals surface area contributed by atoms with E-state index >= 15 is 0 Å². The summed E-state index contributed by atoms with van der Waals surface area (Å²) in [6.45, 7) is 0. The van der Waals surface area contributed by atoms with E-state index in [-0.39, 0.29) is 5.91 Å². The quantitative estimate of drug-likeness (QED) is 0.631. The molecular formula is C10H15N3O. The molecule has 14 heavy (non-hydrogen) atoms. The van der Waals surface area contributed by atoms with Gasteiger partial charge in [-0.05, 0) is 25.0 Å². The van der Waals surface area contributed by atoms with Crippen LogP contribution in [0.2, 0.25) is 0 Å². The van der Waals surface area contributed by atoms with Crippen molar-refractivity contribution < 1.29 is 4.79 Å². The van der Waals surface area contributed by atoms with Gasteiger partial charge in [0.05, 0.1) is 0 Å². The minimum Gasteiger partial charge on any atom is -0.357 e. The average Bonchev–Trinajstić information content (AvgIpc) is 2.87. The number of hydrazine groups is 1. The Balaban J connectivity index is 1.78. The first kappa shape index (κ1) is 9.27. The summed E-state index contributed by atoms with van der Waals surface area (Å²) < 4.78 is 0. The van der Waals surface area contributed by atoms with Crippen molar-refractivity contribution in [2.75, 3.05) is 0 Å². The summed E-state index contributed by atoms with van der Waals surface area (Å²) in [5.74, 6) is -0.0955. The topological polar surface area (TPSA) is 56.9 Å². The van der Waals surface area contributed by atoms with E-state index in [9.17, 15) is 4.79 Å². The molecule has 1 aromatic heterocycles. The van der Waals surface area contributed by atoms with Gasteiger partial charge in [0, 0.05) is 12.2 Å². The van der Waals surface area contributed by atoms with Crippen LogP contribution >= 0.6 is 0 Å². The Kier molecular flexibility index (Phi) is 2.84. The normalized spacial score (nSPS) is 17.1. The first-order valence-corrected chi connectivity index (χ1v) is 5.05. The SMILES string of the molecule is O=C(NNC1CCCC1)c1ccc[nH]1. The number of H-pyrrole nitrogens is 1. The molecule has 1 amide bonds. The molecule has 0 aromatic carbocycles. The van der Waals surface area contributed by atoms with Crippen LogP contribution in [0.5, 0.6) is 0 Å². The van der Waals surface area contributed by atoms with Gasteiger partial charge < -0.3 is 4.98 Å². The number of nitrogens with one attached hydrogen (secondary N) is 3.